The van der Waals surface area contributed by atoms with Gasteiger partial charge in [0, 0.05) is 22.2 Å². The van der Waals surface area contributed by atoms with Crippen LogP contribution in [-0.2, 0) is 9.84 Å². The van der Waals surface area contributed by atoms with Crippen LogP contribution in [0.15, 0.2) is 76.7 Å². The van der Waals surface area contributed by atoms with Crippen LogP contribution in [-0.4, -0.2) is 13.4 Å². The van der Waals surface area contributed by atoms with Gasteiger partial charge in [-0.2, -0.15) is 5.26 Å². The van der Waals surface area contributed by atoms with E-state index in [2.05, 4.69) is 4.98 Å². The average molecular weight is 457 g/mol. The molecule has 0 radical (unpaired) electrons. The summed E-state index contributed by atoms with van der Waals surface area (Å²) in [6, 6.07) is 16.7. The van der Waals surface area contributed by atoms with Gasteiger partial charge in [0.15, 0.2) is 0 Å². The van der Waals surface area contributed by atoms with Crippen molar-refractivity contribution in [2.45, 2.75) is 9.79 Å². The zero-order valence-electron chi connectivity index (χ0n) is 15.1. The van der Waals surface area contributed by atoms with Crippen molar-refractivity contribution in [2.24, 2.45) is 0 Å². The third-order valence-corrected chi connectivity index (χ3v) is 6.84. The number of halogens is 3. The molecule has 1 heterocycles. The first-order valence-electron chi connectivity index (χ1n) is 8.60. The third-order valence-electron chi connectivity index (χ3n) is 4.55. The van der Waals surface area contributed by atoms with Crippen molar-refractivity contribution in [1.82, 2.24) is 4.98 Å². The molecule has 0 aliphatic rings. The molecule has 0 spiro atoms. The van der Waals surface area contributed by atoms with Gasteiger partial charge in [-0.15, -0.1) is 0 Å². The molecule has 0 fully saturated rings. The summed E-state index contributed by atoms with van der Waals surface area (Å²) in [5.41, 5.74) is 1.26. The molecule has 4 nitrogen and oxygen atoms in total. The fourth-order valence-corrected chi connectivity index (χ4v) is 5.00. The highest BCUT2D eigenvalue weighted by Gasteiger charge is 2.25. The van der Waals surface area contributed by atoms with Crippen LogP contribution in [0.4, 0.5) is 4.39 Å². The molecule has 30 heavy (non-hydrogen) atoms. The number of benzene rings is 3. The van der Waals surface area contributed by atoms with Gasteiger partial charge in [0.25, 0.3) is 0 Å². The van der Waals surface area contributed by atoms with E-state index in [0.29, 0.717) is 16.1 Å². The predicted octanol–water partition coefficient (Wildman–Crippen LogP) is 6.05. The zero-order valence-corrected chi connectivity index (χ0v) is 17.4. The van der Waals surface area contributed by atoms with E-state index < -0.39 is 15.7 Å². The number of nitriles is 1. The number of hydrogen-bond acceptors (Lipinski definition) is 4. The van der Waals surface area contributed by atoms with Gasteiger partial charge in [0.2, 0.25) is 9.84 Å². The van der Waals surface area contributed by atoms with Gasteiger partial charge in [0.1, 0.15) is 5.82 Å². The Labute approximate surface area is 182 Å². The summed E-state index contributed by atoms with van der Waals surface area (Å²) in [4.78, 5) is 4.00. The molecule has 0 aliphatic heterocycles. The third kappa shape index (κ3) is 3.52. The number of fused-ring (bicyclic) bond motifs is 1. The summed E-state index contributed by atoms with van der Waals surface area (Å²) >= 11 is 12.0. The van der Waals surface area contributed by atoms with E-state index in [-0.39, 0.29) is 31.3 Å². The largest absolute Gasteiger partial charge is 0.255 e. The van der Waals surface area contributed by atoms with Crippen molar-refractivity contribution in [3.63, 3.8) is 0 Å². The highest BCUT2D eigenvalue weighted by Crippen LogP contribution is 2.38. The molecule has 0 amide bonds. The molecule has 148 valence electrons. The molecule has 3 aromatic carbocycles. The molecule has 0 unspecified atom stereocenters. The number of aromatic nitrogens is 1. The molecular weight excluding hydrogens is 446 g/mol. The van der Waals surface area contributed by atoms with Crippen LogP contribution in [0.2, 0.25) is 10.0 Å². The predicted molar refractivity (Wildman–Crippen MR) is 114 cm³/mol. The number of rotatable bonds is 3. The fourth-order valence-electron chi connectivity index (χ4n) is 3.17. The van der Waals surface area contributed by atoms with Crippen LogP contribution in [0.1, 0.15) is 5.56 Å². The molecule has 0 N–H and O–H groups in total. The molecule has 8 heteroatoms. The fraction of sp³-hybridized carbons (Fsp3) is 0. The summed E-state index contributed by atoms with van der Waals surface area (Å²) in [5.74, 6) is -0.699. The average Bonchev–Trinajstić information content (AvgIpc) is 2.74. The Bertz CT molecular complexity index is 1460. The summed E-state index contributed by atoms with van der Waals surface area (Å²) in [6.45, 7) is 0. The van der Waals surface area contributed by atoms with Crippen LogP contribution >= 0.6 is 23.2 Å². The van der Waals surface area contributed by atoms with E-state index in [1.54, 1.807) is 24.3 Å². The minimum Gasteiger partial charge on any atom is -0.255 e. The van der Waals surface area contributed by atoms with Crippen LogP contribution in [0.5, 0.6) is 0 Å². The van der Waals surface area contributed by atoms with Gasteiger partial charge in [0.05, 0.1) is 32.0 Å². The Morgan fingerprint density at radius 3 is 2.50 bits per heavy atom. The van der Waals surface area contributed by atoms with Crippen molar-refractivity contribution < 1.29 is 12.8 Å². The number of hydrogen-bond donors (Lipinski definition) is 0. The Kier molecular flexibility index (Phi) is 5.20. The van der Waals surface area contributed by atoms with Gasteiger partial charge < -0.3 is 0 Å². The molecule has 0 saturated carbocycles. The second kappa shape index (κ2) is 7.69. The number of nitrogens with zero attached hydrogens (tertiary/aromatic N) is 2. The van der Waals surface area contributed by atoms with E-state index in [4.69, 9.17) is 28.5 Å². The summed E-state index contributed by atoms with van der Waals surface area (Å²) in [6.07, 6.45) is 1.21. The summed E-state index contributed by atoms with van der Waals surface area (Å²) < 4.78 is 41.3. The highest BCUT2D eigenvalue weighted by molar-refractivity contribution is 7.91. The Morgan fingerprint density at radius 2 is 1.77 bits per heavy atom. The molecule has 4 rings (SSSR count). The highest BCUT2D eigenvalue weighted by atomic mass is 35.5. The normalized spacial score (nSPS) is 11.4. The van der Waals surface area contributed by atoms with Crippen LogP contribution in [0, 0.1) is 17.1 Å². The first kappa shape index (κ1) is 20.3. The number of pyridine rings is 1. The maximum absolute atomic E-state index is 14.3. The van der Waals surface area contributed by atoms with Crippen LogP contribution in [0.3, 0.4) is 0 Å². The van der Waals surface area contributed by atoms with Crippen LogP contribution < -0.4 is 0 Å². The van der Waals surface area contributed by atoms with E-state index >= 15 is 0 Å². The lowest BCUT2D eigenvalue weighted by atomic mass is 10.0. The molecule has 4 aromatic rings. The SMILES string of the molecule is N#Cc1cccc(S(=O)(=O)c2cnc3cc(Cl)c(F)cc3c2-c2cccc(Cl)c2)c1. The molecular formula is C22H11Cl2FN2O2S. The summed E-state index contributed by atoms with van der Waals surface area (Å²) in [5, 5.41) is 9.68. The standard InChI is InChI=1S/C22H11Cl2FN2O2S/c23-15-5-2-4-14(8-15)22-17-9-19(25)18(24)10-20(17)27-12-21(22)30(28,29)16-6-1-3-13(7-16)11-26/h1-10,12H. The minimum absolute atomic E-state index is 0.0691. The summed E-state index contributed by atoms with van der Waals surface area (Å²) in [7, 11) is -4.09. The molecule has 0 atom stereocenters. The van der Waals surface area contributed by atoms with E-state index in [1.165, 1.54) is 36.5 Å². The van der Waals surface area contributed by atoms with Crippen molar-refractivity contribution in [2.75, 3.05) is 0 Å². The quantitative estimate of drug-likeness (QED) is 0.376. The molecule has 0 bridgehead atoms. The molecule has 0 saturated heterocycles. The Hall–Kier alpha value is -2.98. The lowest BCUT2D eigenvalue weighted by Gasteiger charge is -2.14. The first-order chi connectivity index (χ1) is 14.3. The van der Waals surface area contributed by atoms with Gasteiger partial charge in [-0.05, 0) is 48.0 Å². The molecule has 0 aliphatic carbocycles. The topological polar surface area (TPSA) is 70.8 Å². The second-order valence-electron chi connectivity index (χ2n) is 6.43. The maximum Gasteiger partial charge on any atom is 0.208 e. The van der Waals surface area contributed by atoms with E-state index in [9.17, 15) is 12.8 Å². The van der Waals surface area contributed by atoms with Crippen molar-refractivity contribution in [3.05, 3.63) is 88.3 Å². The van der Waals surface area contributed by atoms with Crippen molar-refractivity contribution >= 4 is 43.9 Å². The van der Waals surface area contributed by atoms with E-state index in [1.807, 2.05) is 6.07 Å². The Morgan fingerprint density at radius 1 is 1.00 bits per heavy atom. The Balaban J connectivity index is 2.11. The second-order valence-corrected chi connectivity index (χ2v) is 9.20. The number of sulfone groups is 1. The van der Waals surface area contributed by atoms with Gasteiger partial charge in [-0.25, -0.2) is 12.8 Å². The van der Waals surface area contributed by atoms with Gasteiger partial charge in [-0.1, -0.05) is 41.4 Å². The maximum atomic E-state index is 14.3. The smallest absolute Gasteiger partial charge is 0.208 e. The van der Waals surface area contributed by atoms with Crippen molar-refractivity contribution in [1.29, 1.82) is 5.26 Å². The molecule has 1 aromatic heterocycles. The monoisotopic (exact) mass is 456 g/mol. The lowest BCUT2D eigenvalue weighted by Crippen LogP contribution is -2.06. The lowest BCUT2D eigenvalue weighted by molar-refractivity contribution is 0.596. The van der Waals surface area contributed by atoms with Crippen molar-refractivity contribution in [3.8, 4) is 17.2 Å². The minimum atomic E-state index is -4.09. The first-order valence-corrected chi connectivity index (χ1v) is 10.8. The van der Waals surface area contributed by atoms with Gasteiger partial charge in [-0.3, -0.25) is 4.98 Å². The zero-order chi connectivity index (χ0) is 21.5. The van der Waals surface area contributed by atoms with Gasteiger partial charge >= 0.3 is 0 Å². The van der Waals surface area contributed by atoms with E-state index in [0.717, 1.165) is 6.07 Å². The van der Waals surface area contributed by atoms with Crippen LogP contribution in [0.25, 0.3) is 22.0 Å².